The maximum Gasteiger partial charge on any atom is 0.239 e. The molecule has 6 nitrogen and oxygen atoms in total. The van der Waals surface area contributed by atoms with Gasteiger partial charge in [0.25, 0.3) is 0 Å². The molecule has 2 aromatic carbocycles. The Morgan fingerprint density at radius 3 is 2.28 bits per heavy atom. The third kappa shape index (κ3) is 8.68. The van der Waals surface area contributed by atoms with Crippen molar-refractivity contribution in [3.8, 4) is 5.75 Å². The molecule has 2 rings (SSSR count). The molecule has 0 fully saturated rings. The van der Waals surface area contributed by atoms with Crippen LogP contribution in [-0.4, -0.2) is 30.5 Å². The number of rotatable bonds is 8. The van der Waals surface area contributed by atoms with Gasteiger partial charge in [0.05, 0.1) is 13.1 Å². The standard InChI is InChI=1S/C23H32N4O2/c1-5-24-22(26-16-21(28)27-23(2,3)4)25-15-18-11-9-10-12-19(18)17-29-20-13-7-6-8-14-20/h6-14H,5,15-17H2,1-4H3,(H,27,28)(H2,24,25,26). The van der Waals surface area contributed by atoms with Crippen LogP contribution in [0.25, 0.3) is 0 Å². The van der Waals surface area contributed by atoms with Crippen molar-refractivity contribution in [1.29, 1.82) is 0 Å². The van der Waals surface area contributed by atoms with Crippen LogP contribution in [0.4, 0.5) is 0 Å². The molecule has 0 unspecified atom stereocenters. The quantitative estimate of drug-likeness (QED) is 0.473. The summed E-state index contributed by atoms with van der Waals surface area (Å²) in [7, 11) is 0. The Labute approximate surface area is 173 Å². The monoisotopic (exact) mass is 396 g/mol. The van der Waals surface area contributed by atoms with Crippen LogP contribution in [0, 0.1) is 0 Å². The van der Waals surface area contributed by atoms with E-state index in [1.165, 1.54) is 0 Å². The Balaban J connectivity index is 1.98. The fourth-order valence-corrected chi connectivity index (χ4v) is 2.66. The molecule has 0 heterocycles. The minimum absolute atomic E-state index is 0.0697. The summed E-state index contributed by atoms with van der Waals surface area (Å²) in [6.45, 7) is 9.72. The summed E-state index contributed by atoms with van der Waals surface area (Å²) in [6.07, 6.45) is 0. The number of carbonyl (C=O) groups excluding carboxylic acids is 1. The maximum atomic E-state index is 12.0. The van der Waals surface area contributed by atoms with Crippen LogP contribution < -0.4 is 20.7 Å². The highest BCUT2D eigenvalue weighted by Crippen LogP contribution is 2.15. The summed E-state index contributed by atoms with van der Waals surface area (Å²) < 4.78 is 5.88. The van der Waals surface area contributed by atoms with Gasteiger partial charge in [-0.15, -0.1) is 0 Å². The molecule has 0 spiro atoms. The molecule has 3 N–H and O–H groups in total. The van der Waals surface area contributed by atoms with Gasteiger partial charge >= 0.3 is 0 Å². The van der Waals surface area contributed by atoms with Crippen molar-refractivity contribution in [2.45, 2.75) is 46.4 Å². The van der Waals surface area contributed by atoms with Crippen molar-refractivity contribution in [3.05, 3.63) is 65.7 Å². The average molecular weight is 397 g/mol. The highest BCUT2D eigenvalue weighted by molar-refractivity contribution is 5.86. The number of amides is 1. The van der Waals surface area contributed by atoms with Gasteiger partial charge < -0.3 is 20.7 Å². The lowest BCUT2D eigenvalue weighted by molar-refractivity contribution is -0.121. The van der Waals surface area contributed by atoms with Gasteiger partial charge in [-0.05, 0) is 51.0 Å². The van der Waals surface area contributed by atoms with E-state index >= 15 is 0 Å². The number of hydrogen-bond donors (Lipinski definition) is 3. The van der Waals surface area contributed by atoms with Crippen LogP contribution in [0.3, 0.4) is 0 Å². The molecule has 2 aromatic rings. The Bertz CT molecular complexity index is 798. The van der Waals surface area contributed by atoms with E-state index in [-0.39, 0.29) is 18.0 Å². The average Bonchev–Trinajstić information content (AvgIpc) is 2.68. The molecule has 0 bridgehead atoms. The minimum Gasteiger partial charge on any atom is -0.489 e. The van der Waals surface area contributed by atoms with Gasteiger partial charge in [-0.3, -0.25) is 4.79 Å². The van der Waals surface area contributed by atoms with Crippen LogP contribution >= 0.6 is 0 Å². The molecule has 0 aromatic heterocycles. The van der Waals surface area contributed by atoms with Crippen LogP contribution in [0.15, 0.2) is 59.6 Å². The second kappa shape index (κ2) is 11.1. The fraction of sp³-hybridized carbons (Fsp3) is 0.391. The van der Waals surface area contributed by atoms with Gasteiger partial charge in [0.15, 0.2) is 5.96 Å². The molecule has 156 valence electrons. The summed E-state index contributed by atoms with van der Waals surface area (Å²) in [5.74, 6) is 1.38. The Morgan fingerprint density at radius 1 is 0.966 bits per heavy atom. The van der Waals surface area contributed by atoms with E-state index in [0.29, 0.717) is 25.7 Å². The number of benzene rings is 2. The van der Waals surface area contributed by atoms with Crippen molar-refractivity contribution in [1.82, 2.24) is 16.0 Å². The number of hydrogen-bond acceptors (Lipinski definition) is 3. The van der Waals surface area contributed by atoms with Crippen molar-refractivity contribution in [3.63, 3.8) is 0 Å². The molecule has 0 aliphatic rings. The number of nitrogens with one attached hydrogen (secondary N) is 3. The second-order valence-electron chi connectivity index (χ2n) is 7.72. The van der Waals surface area contributed by atoms with Gasteiger partial charge in [0, 0.05) is 12.1 Å². The first-order valence-corrected chi connectivity index (χ1v) is 9.95. The van der Waals surface area contributed by atoms with E-state index in [0.717, 1.165) is 16.9 Å². The van der Waals surface area contributed by atoms with Gasteiger partial charge in [-0.25, -0.2) is 4.99 Å². The second-order valence-corrected chi connectivity index (χ2v) is 7.72. The fourth-order valence-electron chi connectivity index (χ4n) is 2.66. The van der Waals surface area contributed by atoms with Crippen LogP contribution in [0.5, 0.6) is 5.75 Å². The first-order valence-electron chi connectivity index (χ1n) is 9.95. The van der Waals surface area contributed by atoms with Gasteiger partial charge in [0.2, 0.25) is 5.91 Å². The third-order valence-electron chi connectivity index (χ3n) is 3.94. The number of aliphatic imine (C=N–C) groups is 1. The molecular formula is C23H32N4O2. The van der Waals surface area contributed by atoms with E-state index in [4.69, 9.17) is 4.74 Å². The van der Waals surface area contributed by atoms with Crippen LogP contribution in [0.1, 0.15) is 38.8 Å². The van der Waals surface area contributed by atoms with Crippen LogP contribution in [0.2, 0.25) is 0 Å². The van der Waals surface area contributed by atoms with E-state index in [9.17, 15) is 4.79 Å². The number of para-hydroxylation sites is 1. The lowest BCUT2D eigenvalue weighted by Gasteiger charge is -2.21. The molecular weight excluding hydrogens is 364 g/mol. The molecule has 0 radical (unpaired) electrons. The number of guanidine groups is 1. The molecule has 0 aliphatic heterocycles. The van der Waals surface area contributed by atoms with E-state index in [1.807, 2.05) is 82.3 Å². The van der Waals surface area contributed by atoms with Gasteiger partial charge in [0.1, 0.15) is 12.4 Å². The molecule has 6 heteroatoms. The zero-order valence-electron chi connectivity index (χ0n) is 17.8. The summed E-state index contributed by atoms with van der Waals surface area (Å²) >= 11 is 0. The zero-order chi connectivity index (χ0) is 21.1. The molecule has 0 atom stereocenters. The molecule has 0 saturated heterocycles. The summed E-state index contributed by atoms with van der Waals surface area (Å²) in [4.78, 5) is 16.7. The lowest BCUT2D eigenvalue weighted by atomic mass is 10.1. The molecule has 0 saturated carbocycles. The highest BCUT2D eigenvalue weighted by Gasteiger charge is 2.13. The largest absolute Gasteiger partial charge is 0.489 e. The number of carbonyl (C=O) groups is 1. The predicted octanol–water partition coefficient (Wildman–Crippen LogP) is 3.24. The van der Waals surface area contributed by atoms with E-state index < -0.39 is 0 Å². The third-order valence-corrected chi connectivity index (χ3v) is 3.94. The first kappa shape index (κ1) is 22.3. The van der Waals surface area contributed by atoms with Crippen molar-refractivity contribution < 1.29 is 9.53 Å². The topological polar surface area (TPSA) is 74.8 Å². The lowest BCUT2D eigenvalue weighted by Crippen LogP contribution is -2.48. The summed E-state index contributed by atoms with van der Waals surface area (Å²) in [6, 6.07) is 17.8. The Hall–Kier alpha value is -3.02. The minimum atomic E-state index is -0.258. The SMILES string of the molecule is CCNC(=NCc1ccccc1COc1ccccc1)NCC(=O)NC(C)(C)C. The van der Waals surface area contributed by atoms with Crippen LogP contribution in [-0.2, 0) is 17.9 Å². The maximum absolute atomic E-state index is 12.0. The van der Waals surface area contributed by atoms with Gasteiger partial charge in [-0.1, -0.05) is 42.5 Å². The smallest absolute Gasteiger partial charge is 0.239 e. The highest BCUT2D eigenvalue weighted by atomic mass is 16.5. The molecule has 0 aliphatic carbocycles. The van der Waals surface area contributed by atoms with Crippen molar-refractivity contribution >= 4 is 11.9 Å². The first-order chi connectivity index (χ1) is 13.9. The number of nitrogens with zero attached hydrogens (tertiary/aromatic N) is 1. The summed E-state index contributed by atoms with van der Waals surface area (Å²) in [5.41, 5.74) is 1.91. The zero-order valence-corrected chi connectivity index (χ0v) is 17.8. The number of ether oxygens (including phenoxy) is 1. The summed E-state index contributed by atoms with van der Waals surface area (Å²) in [5, 5.41) is 9.19. The van der Waals surface area contributed by atoms with E-state index in [1.54, 1.807) is 0 Å². The Morgan fingerprint density at radius 2 is 1.62 bits per heavy atom. The van der Waals surface area contributed by atoms with Crippen molar-refractivity contribution in [2.24, 2.45) is 4.99 Å². The van der Waals surface area contributed by atoms with Gasteiger partial charge in [-0.2, -0.15) is 0 Å². The van der Waals surface area contributed by atoms with Crippen molar-refractivity contribution in [2.75, 3.05) is 13.1 Å². The molecule has 29 heavy (non-hydrogen) atoms. The Kier molecular flexibility index (Phi) is 8.52. The normalized spacial score (nSPS) is 11.7. The molecule has 1 amide bonds. The van der Waals surface area contributed by atoms with E-state index in [2.05, 4.69) is 20.9 Å². The predicted molar refractivity (Wildman–Crippen MR) is 118 cm³/mol.